The van der Waals surface area contributed by atoms with E-state index in [0.29, 0.717) is 12.5 Å². The van der Waals surface area contributed by atoms with Crippen LogP contribution in [0.2, 0.25) is 0 Å². The van der Waals surface area contributed by atoms with Gasteiger partial charge in [-0.2, -0.15) is 0 Å². The topological polar surface area (TPSA) is 67.6 Å². The quantitative estimate of drug-likeness (QED) is 0.846. The second-order valence-corrected chi connectivity index (χ2v) is 4.31. The molecule has 0 saturated heterocycles. The Kier molecular flexibility index (Phi) is 3.54. The summed E-state index contributed by atoms with van der Waals surface area (Å²) in [6, 6.07) is 3.95. The Hall–Kier alpha value is -1.68. The highest BCUT2D eigenvalue weighted by molar-refractivity contribution is 5.61. The van der Waals surface area contributed by atoms with Crippen molar-refractivity contribution in [2.24, 2.45) is 5.73 Å². The summed E-state index contributed by atoms with van der Waals surface area (Å²) in [5.74, 6) is 1.38. The van der Waals surface area contributed by atoms with E-state index in [1.165, 1.54) is 0 Å². The fraction of sp³-hybridized carbons (Fsp3) is 0.385. The minimum Gasteiger partial charge on any atom is -0.345 e. The number of nitrogens with one attached hydrogen (secondary N) is 1. The molecule has 90 valence electrons. The van der Waals surface area contributed by atoms with Gasteiger partial charge in [0.15, 0.2) is 0 Å². The Morgan fingerprint density at radius 2 is 2.06 bits per heavy atom. The highest BCUT2D eigenvalue weighted by Crippen LogP contribution is 2.24. The third kappa shape index (κ3) is 2.53. The van der Waals surface area contributed by atoms with E-state index in [0.717, 1.165) is 29.2 Å². The lowest BCUT2D eigenvalue weighted by molar-refractivity contribution is 0.654. The molecular weight excluding hydrogens is 212 g/mol. The summed E-state index contributed by atoms with van der Waals surface area (Å²) in [6.45, 7) is 4.87. The second-order valence-electron chi connectivity index (χ2n) is 4.31. The van der Waals surface area contributed by atoms with Gasteiger partial charge in [-0.3, -0.25) is 4.98 Å². The van der Waals surface area contributed by atoms with Crippen molar-refractivity contribution in [3.8, 4) is 11.3 Å². The molecule has 0 aliphatic rings. The van der Waals surface area contributed by atoms with Crippen LogP contribution in [0.25, 0.3) is 11.3 Å². The standard InChI is InChI=1S/C13H18N4/c1-9(3-6-14)13-16-10(2)12(17-13)11-4-7-15-8-5-11/h4-5,7-9H,3,6,14H2,1-2H3,(H,16,17). The first-order valence-electron chi connectivity index (χ1n) is 5.89. The number of aromatic amines is 1. The molecule has 3 N–H and O–H groups in total. The number of aryl methyl sites for hydroxylation is 1. The zero-order valence-corrected chi connectivity index (χ0v) is 10.3. The maximum absolute atomic E-state index is 5.57. The molecule has 0 aromatic carbocycles. The van der Waals surface area contributed by atoms with Gasteiger partial charge in [-0.25, -0.2) is 4.98 Å². The molecule has 0 aliphatic heterocycles. The molecule has 1 atom stereocenters. The summed E-state index contributed by atoms with van der Waals surface area (Å²) in [5, 5.41) is 0. The van der Waals surface area contributed by atoms with Crippen LogP contribution in [-0.2, 0) is 0 Å². The minimum absolute atomic E-state index is 0.370. The van der Waals surface area contributed by atoms with Gasteiger partial charge in [0.1, 0.15) is 5.82 Å². The van der Waals surface area contributed by atoms with E-state index in [-0.39, 0.29) is 0 Å². The Labute approximate surface area is 101 Å². The van der Waals surface area contributed by atoms with E-state index in [1.807, 2.05) is 19.1 Å². The van der Waals surface area contributed by atoms with Crippen molar-refractivity contribution < 1.29 is 0 Å². The molecule has 0 saturated carbocycles. The largest absolute Gasteiger partial charge is 0.345 e. The molecule has 4 nitrogen and oxygen atoms in total. The van der Waals surface area contributed by atoms with Gasteiger partial charge in [-0.1, -0.05) is 6.92 Å². The lowest BCUT2D eigenvalue weighted by Crippen LogP contribution is -2.05. The van der Waals surface area contributed by atoms with Crippen molar-refractivity contribution in [2.75, 3.05) is 6.54 Å². The zero-order chi connectivity index (χ0) is 12.3. The van der Waals surface area contributed by atoms with Crippen LogP contribution < -0.4 is 5.73 Å². The third-order valence-electron chi connectivity index (χ3n) is 2.92. The minimum atomic E-state index is 0.370. The molecule has 2 aromatic rings. The molecular formula is C13H18N4. The third-order valence-corrected chi connectivity index (χ3v) is 2.92. The maximum Gasteiger partial charge on any atom is 0.109 e. The van der Waals surface area contributed by atoms with E-state index in [4.69, 9.17) is 5.73 Å². The van der Waals surface area contributed by atoms with Crippen molar-refractivity contribution >= 4 is 0 Å². The monoisotopic (exact) mass is 230 g/mol. The molecule has 0 spiro atoms. The van der Waals surface area contributed by atoms with Crippen molar-refractivity contribution in [3.63, 3.8) is 0 Å². The number of pyridine rings is 1. The fourth-order valence-electron chi connectivity index (χ4n) is 1.89. The summed E-state index contributed by atoms with van der Waals surface area (Å²) in [7, 11) is 0. The lowest BCUT2D eigenvalue weighted by Gasteiger charge is -2.05. The van der Waals surface area contributed by atoms with E-state index in [9.17, 15) is 0 Å². The van der Waals surface area contributed by atoms with E-state index in [2.05, 4.69) is 21.9 Å². The number of imidazole rings is 1. The molecule has 17 heavy (non-hydrogen) atoms. The van der Waals surface area contributed by atoms with E-state index >= 15 is 0 Å². The molecule has 0 aliphatic carbocycles. The van der Waals surface area contributed by atoms with Crippen molar-refractivity contribution in [3.05, 3.63) is 36.0 Å². The van der Waals surface area contributed by atoms with Crippen LogP contribution in [0.3, 0.4) is 0 Å². The van der Waals surface area contributed by atoms with Crippen LogP contribution in [-0.4, -0.2) is 21.5 Å². The normalized spacial score (nSPS) is 12.6. The fourth-order valence-corrected chi connectivity index (χ4v) is 1.89. The Morgan fingerprint density at radius 1 is 1.35 bits per heavy atom. The van der Waals surface area contributed by atoms with Crippen LogP contribution in [0.5, 0.6) is 0 Å². The second kappa shape index (κ2) is 5.10. The summed E-state index contributed by atoms with van der Waals surface area (Å²) in [4.78, 5) is 12.0. The highest BCUT2D eigenvalue weighted by Gasteiger charge is 2.13. The molecule has 1 unspecified atom stereocenters. The van der Waals surface area contributed by atoms with Crippen molar-refractivity contribution in [1.29, 1.82) is 0 Å². The molecule has 2 aromatic heterocycles. The van der Waals surface area contributed by atoms with Gasteiger partial charge in [0.05, 0.1) is 5.69 Å². The first-order valence-corrected chi connectivity index (χ1v) is 5.89. The molecule has 0 bridgehead atoms. The molecule has 0 radical (unpaired) electrons. The SMILES string of the molecule is Cc1[nH]c(C(C)CCN)nc1-c1ccncc1. The van der Waals surface area contributed by atoms with Crippen LogP contribution in [0, 0.1) is 6.92 Å². The predicted octanol–water partition coefficient (Wildman–Crippen LogP) is 2.23. The Bertz CT molecular complexity index is 475. The summed E-state index contributed by atoms with van der Waals surface area (Å²) in [5.41, 5.74) is 8.77. The number of nitrogens with zero attached hydrogens (tertiary/aromatic N) is 2. The smallest absolute Gasteiger partial charge is 0.109 e. The number of rotatable bonds is 4. The van der Waals surface area contributed by atoms with E-state index in [1.54, 1.807) is 12.4 Å². The highest BCUT2D eigenvalue weighted by atomic mass is 14.9. The molecule has 4 heteroatoms. The average molecular weight is 230 g/mol. The lowest BCUT2D eigenvalue weighted by atomic mass is 10.1. The zero-order valence-electron chi connectivity index (χ0n) is 10.3. The van der Waals surface area contributed by atoms with Gasteiger partial charge in [0.2, 0.25) is 0 Å². The molecule has 0 fully saturated rings. The van der Waals surface area contributed by atoms with Gasteiger partial charge in [0.25, 0.3) is 0 Å². The number of aromatic nitrogens is 3. The van der Waals surface area contributed by atoms with Gasteiger partial charge in [0, 0.05) is 29.6 Å². The van der Waals surface area contributed by atoms with Crippen LogP contribution in [0.15, 0.2) is 24.5 Å². The Morgan fingerprint density at radius 3 is 2.71 bits per heavy atom. The summed E-state index contributed by atoms with van der Waals surface area (Å²) in [6.07, 6.45) is 4.52. The molecule has 2 heterocycles. The number of hydrogen-bond acceptors (Lipinski definition) is 3. The first-order chi connectivity index (χ1) is 8.22. The van der Waals surface area contributed by atoms with Crippen molar-refractivity contribution in [2.45, 2.75) is 26.2 Å². The van der Waals surface area contributed by atoms with Crippen LogP contribution in [0.4, 0.5) is 0 Å². The maximum atomic E-state index is 5.57. The average Bonchev–Trinajstić information content (AvgIpc) is 2.73. The summed E-state index contributed by atoms with van der Waals surface area (Å²) < 4.78 is 0. The number of H-pyrrole nitrogens is 1. The molecule has 2 rings (SSSR count). The molecule has 0 amide bonds. The predicted molar refractivity (Wildman–Crippen MR) is 68.6 cm³/mol. The Balaban J connectivity index is 2.31. The van der Waals surface area contributed by atoms with Crippen molar-refractivity contribution in [1.82, 2.24) is 15.0 Å². The van der Waals surface area contributed by atoms with E-state index < -0.39 is 0 Å². The summed E-state index contributed by atoms with van der Waals surface area (Å²) >= 11 is 0. The van der Waals surface area contributed by atoms with Gasteiger partial charge < -0.3 is 10.7 Å². The number of hydrogen-bond donors (Lipinski definition) is 2. The van der Waals surface area contributed by atoms with Crippen LogP contribution >= 0.6 is 0 Å². The van der Waals surface area contributed by atoms with Gasteiger partial charge in [-0.15, -0.1) is 0 Å². The van der Waals surface area contributed by atoms with Gasteiger partial charge >= 0.3 is 0 Å². The van der Waals surface area contributed by atoms with Crippen LogP contribution in [0.1, 0.15) is 30.8 Å². The first kappa shape index (κ1) is 11.8. The number of nitrogens with two attached hydrogens (primary N) is 1. The van der Waals surface area contributed by atoms with Gasteiger partial charge in [-0.05, 0) is 32.0 Å².